The molecule has 1 atom stereocenters. The van der Waals surface area contributed by atoms with Crippen molar-refractivity contribution in [2.24, 2.45) is 5.73 Å². The lowest BCUT2D eigenvalue weighted by atomic mass is 10.1. The van der Waals surface area contributed by atoms with Crippen LogP contribution in [0.25, 0.3) is 0 Å². The summed E-state index contributed by atoms with van der Waals surface area (Å²) in [7, 11) is 1.58. The molecule has 0 spiro atoms. The molecule has 0 radical (unpaired) electrons. The minimum atomic E-state index is -0.386. The van der Waals surface area contributed by atoms with Gasteiger partial charge < -0.3 is 15.6 Å². The molecule has 0 aliphatic heterocycles. The van der Waals surface area contributed by atoms with Crippen molar-refractivity contribution < 1.29 is 9.84 Å². The molecule has 80 valence electrons. The molecule has 1 aromatic carbocycles. The lowest BCUT2D eigenvalue weighted by Crippen LogP contribution is -2.15. The number of aliphatic hydroxyl groups excluding tert-OH is 1. The quantitative estimate of drug-likeness (QED) is 0.890. The molecule has 0 heterocycles. The first-order valence-electron chi connectivity index (χ1n) is 3.89. The third kappa shape index (κ3) is 3.13. The molecular weight excluding hydrogens is 269 g/mol. The van der Waals surface area contributed by atoms with Crippen LogP contribution < -0.4 is 10.5 Å². The second kappa shape index (κ2) is 6.24. The van der Waals surface area contributed by atoms with E-state index in [4.69, 9.17) is 15.6 Å². The number of aliphatic hydroxyl groups is 1. The molecule has 3 nitrogen and oxygen atoms in total. The highest BCUT2D eigenvalue weighted by Crippen LogP contribution is 2.27. The highest BCUT2D eigenvalue weighted by molar-refractivity contribution is 9.10. The number of halogens is 2. The van der Waals surface area contributed by atoms with Crippen LogP contribution in [0, 0.1) is 0 Å². The number of ether oxygens (including phenoxy) is 1. The third-order valence-electron chi connectivity index (χ3n) is 1.79. The fourth-order valence-corrected chi connectivity index (χ4v) is 1.43. The maximum Gasteiger partial charge on any atom is 0.124 e. The van der Waals surface area contributed by atoms with Gasteiger partial charge in [0.25, 0.3) is 0 Å². The molecule has 0 saturated carbocycles. The van der Waals surface area contributed by atoms with E-state index in [9.17, 15) is 0 Å². The predicted octanol–water partition coefficient (Wildman–Crippen LogP) is 1.87. The van der Waals surface area contributed by atoms with Crippen LogP contribution in [-0.2, 0) is 0 Å². The van der Waals surface area contributed by atoms with E-state index >= 15 is 0 Å². The van der Waals surface area contributed by atoms with Crippen LogP contribution in [0.4, 0.5) is 0 Å². The van der Waals surface area contributed by atoms with Gasteiger partial charge in [0, 0.05) is 10.0 Å². The van der Waals surface area contributed by atoms with Gasteiger partial charge in [-0.2, -0.15) is 0 Å². The highest BCUT2D eigenvalue weighted by atomic mass is 79.9. The summed E-state index contributed by atoms with van der Waals surface area (Å²) in [6, 6.07) is 5.14. The average Bonchev–Trinajstić information content (AvgIpc) is 2.16. The lowest BCUT2D eigenvalue weighted by Gasteiger charge is -2.13. The maximum absolute atomic E-state index is 8.89. The summed E-state index contributed by atoms with van der Waals surface area (Å²) in [4.78, 5) is 0. The Bertz CT molecular complexity index is 296. The minimum absolute atomic E-state index is 0. The number of benzene rings is 1. The summed E-state index contributed by atoms with van der Waals surface area (Å²) >= 11 is 3.32. The molecular formula is C9H13BrClNO2. The van der Waals surface area contributed by atoms with Crippen LogP contribution in [-0.4, -0.2) is 18.8 Å². The van der Waals surface area contributed by atoms with Gasteiger partial charge in [-0.1, -0.05) is 22.0 Å². The van der Waals surface area contributed by atoms with Crippen molar-refractivity contribution in [3.05, 3.63) is 28.2 Å². The van der Waals surface area contributed by atoms with E-state index in [-0.39, 0.29) is 25.1 Å². The molecule has 0 aromatic heterocycles. The molecule has 5 heteroatoms. The van der Waals surface area contributed by atoms with Crippen LogP contribution in [0.1, 0.15) is 11.6 Å². The van der Waals surface area contributed by atoms with Gasteiger partial charge >= 0.3 is 0 Å². The predicted molar refractivity (Wildman–Crippen MR) is 62.0 cm³/mol. The molecule has 0 aliphatic carbocycles. The Morgan fingerprint density at radius 2 is 2.21 bits per heavy atom. The average molecular weight is 283 g/mol. The van der Waals surface area contributed by atoms with Gasteiger partial charge in [-0.05, 0) is 12.1 Å². The van der Waals surface area contributed by atoms with E-state index < -0.39 is 0 Å². The van der Waals surface area contributed by atoms with Crippen molar-refractivity contribution >= 4 is 28.3 Å². The van der Waals surface area contributed by atoms with Crippen LogP contribution in [0.15, 0.2) is 22.7 Å². The number of hydrogen-bond acceptors (Lipinski definition) is 3. The van der Waals surface area contributed by atoms with Crippen LogP contribution in [0.3, 0.4) is 0 Å². The second-order valence-corrected chi connectivity index (χ2v) is 3.59. The monoisotopic (exact) mass is 281 g/mol. The number of rotatable bonds is 3. The summed E-state index contributed by atoms with van der Waals surface area (Å²) in [5.74, 6) is 0.691. The molecule has 0 aliphatic rings. The van der Waals surface area contributed by atoms with E-state index in [1.54, 1.807) is 7.11 Å². The molecule has 1 aromatic rings. The zero-order valence-electron chi connectivity index (χ0n) is 7.74. The van der Waals surface area contributed by atoms with Crippen molar-refractivity contribution in [3.63, 3.8) is 0 Å². The zero-order chi connectivity index (χ0) is 9.84. The molecule has 14 heavy (non-hydrogen) atoms. The van der Waals surface area contributed by atoms with Crippen molar-refractivity contribution in [2.45, 2.75) is 6.04 Å². The second-order valence-electron chi connectivity index (χ2n) is 2.68. The van der Waals surface area contributed by atoms with Gasteiger partial charge in [0.1, 0.15) is 5.75 Å². The first-order valence-corrected chi connectivity index (χ1v) is 4.68. The van der Waals surface area contributed by atoms with Gasteiger partial charge in [0.15, 0.2) is 0 Å². The zero-order valence-corrected chi connectivity index (χ0v) is 10.1. The summed E-state index contributed by atoms with van der Waals surface area (Å²) in [5.41, 5.74) is 6.49. The maximum atomic E-state index is 8.89. The van der Waals surface area contributed by atoms with E-state index in [2.05, 4.69) is 15.9 Å². The summed E-state index contributed by atoms with van der Waals surface area (Å²) < 4.78 is 6.06. The topological polar surface area (TPSA) is 55.5 Å². The molecule has 0 saturated heterocycles. The Morgan fingerprint density at radius 3 is 2.71 bits per heavy atom. The Balaban J connectivity index is 0.00000169. The fraction of sp³-hybridized carbons (Fsp3) is 0.333. The van der Waals surface area contributed by atoms with Gasteiger partial charge in [0.05, 0.1) is 19.8 Å². The summed E-state index contributed by atoms with van der Waals surface area (Å²) in [6.07, 6.45) is 0. The molecule has 3 N–H and O–H groups in total. The van der Waals surface area contributed by atoms with Crippen LogP contribution >= 0.6 is 28.3 Å². The SMILES string of the molecule is COc1cc(Br)ccc1[C@H](N)CO.Cl. The van der Waals surface area contributed by atoms with Crippen molar-refractivity contribution in [2.75, 3.05) is 13.7 Å². The summed E-state index contributed by atoms with van der Waals surface area (Å²) in [6.45, 7) is -0.0853. The molecule has 0 bridgehead atoms. The molecule has 0 unspecified atom stereocenters. The van der Waals surface area contributed by atoms with Gasteiger partial charge in [-0.15, -0.1) is 12.4 Å². The van der Waals surface area contributed by atoms with Gasteiger partial charge in [0.2, 0.25) is 0 Å². The molecule has 0 amide bonds. The standard InChI is InChI=1S/C9H12BrNO2.ClH/c1-13-9-4-6(10)2-3-7(9)8(11)5-12;/h2-4,8,12H,5,11H2,1H3;1H/t8-;/m1./s1. The van der Waals surface area contributed by atoms with E-state index in [1.807, 2.05) is 18.2 Å². The van der Waals surface area contributed by atoms with Gasteiger partial charge in [-0.25, -0.2) is 0 Å². The highest BCUT2D eigenvalue weighted by Gasteiger charge is 2.10. The van der Waals surface area contributed by atoms with Crippen molar-refractivity contribution in [3.8, 4) is 5.75 Å². The van der Waals surface area contributed by atoms with Crippen LogP contribution in [0.2, 0.25) is 0 Å². The van der Waals surface area contributed by atoms with E-state index in [0.717, 1.165) is 10.0 Å². The van der Waals surface area contributed by atoms with E-state index in [0.29, 0.717) is 5.75 Å². The largest absolute Gasteiger partial charge is 0.496 e. The first-order chi connectivity index (χ1) is 6.19. The van der Waals surface area contributed by atoms with E-state index in [1.165, 1.54) is 0 Å². The fourth-order valence-electron chi connectivity index (χ4n) is 1.09. The number of nitrogens with two attached hydrogens (primary N) is 1. The Labute approximate surface area is 97.8 Å². The van der Waals surface area contributed by atoms with Crippen molar-refractivity contribution in [1.82, 2.24) is 0 Å². The molecule has 1 rings (SSSR count). The number of hydrogen-bond donors (Lipinski definition) is 2. The first kappa shape index (κ1) is 13.7. The summed E-state index contributed by atoms with van der Waals surface area (Å²) in [5, 5.41) is 8.89. The smallest absolute Gasteiger partial charge is 0.124 e. The molecule has 0 fully saturated rings. The Kier molecular flexibility index (Phi) is 6.11. The Morgan fingerprint density at radius 1 is 1.57 bits per heavy atom. The normalized spacial score (nSPS) is 11.7. The van der Waals surface area contributed by atoms with Crippen LogP contribution in [0.5, 0.6) is 5.75 Å². The lowest BCUT2D eigenvalue weighted by molar-refractivity contribution is 0.264. The van der Waals surface area contributed by atoms with Crippen molar-refractivity contribution in [1.29, 1.82) is 0 Å². The number of methoxy groups -OCH3 is 1. The Hall–Kier alpha value is -0.290. The minimum Gasteiger partial charge on any atom is -0.496 e. The van der Waals surface area contributed by atoms with Gasteiger partial charge in [-0.3, -0.25) is 0 Å². The third-order valence-corrected chi connectivity index (χ3v) is 2.28.